The molecule has 120 valence electrons. The van der Waals surface area contributed by atoms with Crippen molar-refractivity contribution in [1.29, 1.82) is 0 Å². The van der Waals surface area contributed by atoms with E-state index in [1.807, 2.05) is 0 Å². The van der Waals surface area contributed by atoms with E-state index in [9.17, 15) is 0 Å². The van der Waals surface area contributed by atoms with Gasteiger partial charge >= 0.3 is 0 Å². The van der Waals surface area contributed by atoms with Gasteiger partial charge in [0.05, 0.1) is 17.4 Å². The number of hydrogen-bond donors (Lipinski definition) is 1. The minimum absolute atomic E-state index is 0.935. The highest BCUT2D eigenvalue weighted by Gasteiger charge is 2.09. The van der Waals surface area contributed by atoms with Gasteiger partial charge in [0.2, 0.25) is 0 Å². The standard InChI is InChI=1S/C19H23N3S/c1-3-4-11-22(13-15-5-8-17(23-2)9-6-15)16-7-10-18-19(12-16)21-14-20-18/h5-10,12,14H,3-4,11,13H2,1-2H3,(H,20,21). The second-order valence-corrected chi connectivity index (χ2v) is 6.61. The van der Waals surface area contributed by atoms with Gasteiger partial charge in [0, 0.05) is 23.7 Å². The number of unbranched alkanes of at least 4 members (excludes halogenated alkanes) is 1. The second kappa shape index (κ2) is 7.55. The van der Waals surface area contributed by atoms with E-state index in [-0.39, 0.29) is 0 Å². The summed E-state index contributed by atoms with van der Waals surface area (Å²) in [7, 11) is 0. The van der Waals surface area contributed by atoms with E-state index in [4.69, 9.17) is 0 Å². The van der Waals surface area contributed by atoms with Crippen molar-refractivity contribution in [3.8, 4) is 0 Å². The predicted molar refractivity (Wildman–Crippen MR) is 100 cm³/mol. The lowest BCUT2D eigenvalue weighted by Gasteiger charge is -2.25. The largest absolute Gasteiger partial charge is 0.367 e. The maximum Gasteiger partial charge on any atom is 0.0931 e. The van der Waals surface area contributed by atoms with Crippen LogP contribution in [0.5, 0.6) is 0 Å². The van der Waals surface area contributed by atoms with Crippen molar-refractivity contribution in [3.05, 3.63) is 54.4 Å². The van der Waals surface area contributed by atoms with Gasteiger partial charge in [-0.25, -0.2) is 4.98 Å². The highest BCUT2D eigenvalue weighted by Crippen LogP contribution is 2.23. The number of nitrogens with one attached hydrogen (secondary N) is 1. The van der Waals surface area contributed by atoms with E-state index in [1.165, 1.54) is 29.0 Å². The zero-order valence-electron chi connectivity index (χ0n) is 13.7. The molecule has 0 unspecified atom stereocenters. The molecule has 1 heterocycles. The van der Waals surface area contributed by atoms with Crippen LogP contribution in [0.25, 0.3) is 11.0 Å². The first-order chi connectivity index (χ1) is 11.3. The molecule has 3 nitrogen and oxygen atoms in total. The fourth-order valence-corrected chi connectivity index (χ4v) is 3.12. The number of anilines is 1. The lowest BCUT2D eigenvalue weighted by molar-refractivity contribution is 0.716. The summed E-state index contributed by atoms with van der Waals surface area (Å²) >= 11 is 1.78. The molecule has 0 amide bonds. The summed E-state index contributed by atoms with van der Waals surface area (Å²) in [5.41, 5.74) is 4.71. The number of aromatic amines is 1. The monoisotopic (exact) mass is 325 g/mol. The van der Waals surface area contributed by atoms with E-state index in [0.29, 0.717) is 0 Å². The fraction of sp³-hybridized carbons (Fsp3) is 0.316. The summed E-state index contributed by atoms with van der Waals surface area (Å²) < 4.78 is 0. The Morgan fingerprint density at radius 1 is 1.13 bits per heavy atom. The Bertz CT molecular complexity index is 749. The van der Waals surface area contributed by atoms with Crippen LogP contribution in [-0.2, 0) is 6.54 Å². The third-order valence-corrected chi connectivity index (χ3v) is 4.83. The molecule has 0 bridgehead atoms. The molecular formula is C19H23N3S. The Balaban J connectivity index is 1.83. The fourth-order valence-electron chi connectivity index (χ4n) is 2.72. The van der Waals surface area contributed by atoms with Crippen molar-refractivity contribution in [3.63, 3.8) is 0 Å². The number of thioether (sulfide) groups is 1. The van der Waals surface area contributed by atoms with Crippen LogP contribution in [0.4, 0.5) is 5.69 Å². The topological polar surface area (TPSA) is 31.9 Å². The number of hydrogen-bond acceptors (Lipinski definition) is 3. The lowest BCUT2D eigenvalue weighted by Crippen LogP contribution is -2.23. The third kappa shape index (κ3) is 3.88. The Labute approximate surface area is 142 Å². The van der Waals surface area contributed by atoms with Crippen LogP contribution in [0.3, 0.4) is 0 Å². The molecule has 0 saturated heterocycles. The van der Waals surface area contributed by atoms with E-state index in [0.717, 1.165) is 24.1 Å². The molecule has 23 heavy (non-hydrogen) atoms. The summed E-state index contributed by atoms with van der Waals surface area (Å²) in [5.74, 6) is 0. The third-order valence-electron chi connectivity index (χ3n) is 4.08. The van der Waals surface area contributed by atoms with Crippen molar-refractivity contribution < 1.29 is 0 Å². The Kier molecular flexibility index (Phi) is 5.23. The van der Waals surface area contributed by atoms with Gasteiger partial charge in [-0.05, 0) is 48.6 Å². The Morgan fingerprint density at radius 3 is 2.70 bits per heavy atom. The van der Waals surface area contributed by atoms with Gasteiger partial charge in [-0.3, -0.25) is 0 Å². The van der Waals surface area contributed by atoms with E-state index in [1.54, 1.807) is 18.1 Å². The molecule has 1 N–H and O–H groups in total. The number of rotatable bonds is 7. The maximum atomic E-state index is 4.39. The number of fused-ring (bicyclic) bond motifs is 1. The van der Waals surface area contributed by atoms with Gasteiger partial charge in [0.1, 0.15) is 0 Å². The summed E-state index contributed by atoms with van der Waals surface area (Å²) in [4.78, 5) is 11.3. The van der Waals surface area contributed by atoms with Crippen LogP contribution < -0.4 is 4.90 Å². The van der Waals surface area contributed by atoms with Crippen molar-refractivity contribution in [2.24, 2.45) is 0 Å². The number of imidazole rings is 1. The van der Waals surface area contributed by atoms with Crippen LogP contribution in [0, 0.1) is 0 Å². The summed E-state index contributed by atoms with van der Waals surface area (Å²) in [6.45, 7) is 4.24. The van der Waals surface area contributed by atoms with Crippen molar-refractivity contribution >= 4 is 28.5 Å². The van der Waals surface area contributed by atoms with Crippen LogP contribution >= 0.6 is 11.8 Å². The van der Waals surface area contributed by atoms with Gasteiger partial charge in [-0.15, -0.1) is 11.8 Å². The minimum atomic E-state index is 0.935. The number of benzene rings is 2. The van der Waals surface area contributed by atoms with Gasteiger partial charge in [-0.2, -0.15) is 0 Å². The molecule has 3 aromatic rings. The highest BCUT2D eigenvalue weighted by atomic mass is 32.2. The van der Waals surface area contributed by atoms with Crippen molar-refractivity contribution in [2.75, 3.05) is 17.7 Å². The normalized spacial score (nSPS) is 11.0. The minimum Gasteiger partial charge on any atom is -0.367 e. The van der Waals surface area contributed by atoms with Crippen LogP contribution in [0.15, 0.2) is 53.7 Å². The molecule has 0 aliphatic heterocycles. The molecular weight excluding hydrogens is 302 g/mol. The van der Waals surface area contributed by atoms with Crippen LogP contribution in [0.2, 0.25) is 0 Å². The molecule has 3 rings (SSSR count). The molecule has 0 spiro atoms. The number of nitrogens with zero attached hydrogens (tertiary/aromatic N) is 2. The van der Waals surface area contributed by atoms with E-state index in [2.05, 4.69) is 70.5 Å². The van der Waals surface area contributed by atoms with E-state index < -0.39 is 0 Å². The predicted octanol–water partition coefficient (Wildman–Crippen LogP) is 5.09. The van der Waals surface area contributed by atoms with E-state index >= 15 is 0 Å². The van der Waals surface area contributed by atoms with Crippen molar-refractivity contribution in [1.82, 2.24) is 9.97 Å². The first kappa shape index (κ1) is 15.9. The molecule has 1 aromatic heterocycles. The average molecular weight is 325 g/mol. The summed E-state index contributed by atoms with van der Waals surface area (Å²) in [6, 6.07) is 15.4. The van der Waals surface area contributed by atoms with Gasteiger partial charge < -0.3 is 9.88 Å². The average Bonchev–Trinajstić information content (AvgIpc) is 3.06. The number of aromatic nitrogens is 2. The molecule has 2 aromatic carbocycles. The van der Waals surface area contributed by atoms with Gasteiger partial charge in [0.25, 0.3) is 0 Å². The molecule has 4 heteroatoms. The molecule has 0 aliphatic rings. The molecule has 0 aliphatic carbocycles. The van der Waals surface area contributed by atoms with Crippen LogP contribution in [0.1, 0.15) is 25.3 Å². The SMILES string of the molecule is CCCCN(Cc1ccc(SC)cc1)c1ccc2[nH]cnc2c1. The molecule has 0 fully saturated rings. The molecule has 0 radical (unpaired) electrons. The van der Waals surface area contributed by atoms with Gasteiger partial charge in [0.15, 0.2) is 0 Å². The lowest BCUT2D eigenvalue weighted by atomic mass is 10.1. The van der Waals surface area contributed by atoms with Crippen LogP contribution in [-0.4, -0.2) is 22.8 Å². The first-order valence-corrected chi connectivity index (χ1v) is 9.33. The quantitative estimate of drug-likeness (QED) is 0.614. The Morgan fingerprint density at radius 2 is 1.96 bits per heavy atom. The smallest absolute Gasteiger partial charge is 0.0931 e. The zero-order chi connectivity index (χ0) is 16.1. The summed E-state index contributed by atoms with van der Waals surface area (Å²) in [5, 5.41) is 0. The molecule has 0 atom stereocenters. The summed E-state index contributed by atoms with van der Waals surface area (Å²) in [6.07, 6.45) is 6.27. The molecule has 0 saturated carbocycles. The van der Waals surface area contributed by atoms with Gasteiger partial charge in [-0.1, -0.05) is 25.5 Å². The zero-order valence-corrected chi connectivity index (χ0v) is 14.6. The maximum absolute atomic E-state index is 4.39. The highest BCUT2D eigenvalue weighted by molar-refractivity contribution is 7.98. The second-order valence-electron chi connectivity index (χ2n) is 5.73. The Hall–Kier alpha value is -1.94. The number of H-pyrrole nitrogens is 1. The van der Waals surface area contributed by atoms with Crippen molar-refractivity contribution in [2.45, 2.75) is 31.2 Å². The first-order valence-electron chi connectivity index (χ1n) is 8.11.